The molecule has 0 aromatic carbocycles. The first-order valence-corrected chi connectivity index (χ1v) is 24.0. The minimum atomic E-state index is -0.876. The highest BCUT2D eigenvalue weighted by molar-refractivity contribution is 5.76. The van der Waals surface area contributed by atoms with Crippen LogP contribution in [-0.4, -0.2) is 34.9 Å². The molecule has 0 saturated heterocycles. The van der Waals surface area contributed by atoms with E-state index in [1.54, 1.807) is 6.08 Å². The predicted octanol–water partition coefficient (Wildman–Crippen LogP) is 15.3. The third-order valence-corrected chi connectivity index (χ3v) is 10.7. The van der Waals surface area contributed by atoms with Gasteiger partial charge in [-0.25, -0.2) is 0 Å². The zero-order valence-electron chi connectivity index (χ0n) is 36.7. The lowest BCUT2D eigenvalue weighted by Crippen LogP contribution is -2.45. The molecule has 0 aromatic heterocycles. The Labute approximate surface area is 343 Å². The van der Waals surface area contributed by atoms with Crippen LogP contribution in [0, 0.1) is 0 Å². The molecule has 0 bridgehead atoms. The molecule has 0 spiro atoms. The Hall–Kier alpha value is -1.91. The monoisotopic (exact) mass is 768 g/mol. The van der Waals surface area contributed by atoms with Crippen molar-refractivity contribution in [2.75, 3.05) is 6.61 Å². The molecule has 0 aliphatic carbocycles. The molecule has 2 atom stereocenters. The minimum Gasteiger partial charge on any atom is -0.394 e. The number of hydrogen-bond donors (Lipinski definition) is 3. The van der Waals surface area contributed by atoms with Crippen LogP contribution in [0.4, 0.5) is 0 Å². The smallest absolute Gasteiger partial charge is 0.220 e. The Morgan fingerprint density at radius 1 is 0.436 bits per heavy atom. The minimum absolute atomic E-state index is 0.0860. The summed E-state index contributed by atoms with van der Waals surface area (Å²) in [4.78, 5) is 12.4. The second-order valence-corrected chi connectivity index (χ2v) is 16.2. The van der Waals surface area contributed by atoms with Gasteiger partial charge in [-0.2, -0.15) is 0 Å². The van der Waals surface area contributed by atoms with Crippen LogP contribution in [-0.2, 0) is 4.79 Å². The third kappa shape index (κ3) is 43.1. The van der Waals surface area contributed by atoms with E-state index in [0.717, 1.165) is 51.4 Å². The van der Waals surface area contributed by atoms with Crippen LogP contribution in [0.15, 0.2) is 60.8 Å². The first kappa shape index (κ1) is 53.1. The van der Waals surface area contributed by atoms with Crippen LogP contribution in [0.1, 0.15) is 239 Å². The zero-order chi connectivity index (χ0) is 40.0. The van der Waals surface area contributed by atoms with Gasteiger partial charge in [0.15, 0.2) is 0 Å². The van der Waals surface area contributed by atoms with Crippen molar-refractivity contribution in [1.29, 1.82) is 0 Å². The molecule has 0 aliphatic heterocycles. The van der Waals surface area contributed by atoms with Gasteiger partial charge in [0.1, 0.15) is 0 Å². The van der Waals surface area contributed by atoms with Crippen molar-refractivity contribution in [1.82, 2.24) is 5.32 Å². The number of aliphatic hydroxyl groups excluding tert-OH is 2. The quantitative estimate of drug-likeness (QED) is 0.0427. The van der Waals surface area contributed by atoms with Crippen LogP contribution >= 0.6 is 0 Å². The molecule has 320 valence electrons. The highest BCUT2D eigenvalue weighted by Gasteiger charge is 2.17. The van der Waals surface area contributed by atoms with Crippen molar-refractivity contribution in [2.24, 2.45) is 0 Å². The van der Waals surface area contributed by atoms with Crippen molar-refractivity contribution in [2.45, 2.75) is 251 Å². The highest BCUT2D eigenvalue weighted by Crippen LogP contribution is 2.14. The van der Waals surface area contributed by atoms with Crippen LogP contribution < -0.4 is 5.32 Å². The van der Waals surface area contributed by atoms with E-state index < -0.39 is 12.1 Å². The lowest BCUT2D eigenvalue weighted by Gasteiger charge is -2.19. The van der Waals surface area contributed by atoms with Crippen molar-refractivity contribution in [3.05, 3.63) is 60.8 Å². The van der Waals surface area contributed by atoms with Gasteiger partial charge in [-0.3, -0.25) is 4.79 Å². The van der Waals surface area contributed by atoms with Crippen LogP contribution in [0.5, 0.6) is 0 Å². The van der Waals surface area contributed by atoms with E-state index in [9.17, 15) is 15.0 Å². The summed E-state index contributed by atoms with van der Waals surface area (Å²) < 4.78 is 0. The summed E-state index contributed by atoms with van der Waals surface area (Å²) in [5, 5.41) is 23.0. The van der Waals surface area contributed by atoms with Gasteiger partial charge >= 0.3 is 0 Å². The van der Waals surface area contributed by atoms with E-state index >= 15 is 0 Å². The molecule has 1 amide bonds. The maximum absolute atomic E-state index is 12.4. The zero-order valence-corrected chi connectivity index (χ0v) is 36.7. The summed E-state index contributed by atoms with van der Waals surface area (Å²) >= 11 is 0. The van der Waals surface area contributed by atoms with Crippen LogP contribution in [0.3, 0.4) is 0 Å². The predicted molar refractivity (Wildman–Crippen MR) is 244 cm³/mol. The Balaban J connectivity index is 3.64. The van der Waals surface area contributed by atoms with E-state index in [4.69, 9.17) is 0 Å². The number of unbranched alkanes of at least 4 members (excludes halogenated alkanes) is 28. The molecule has 0 rings (SSSR count). The van der Waals surface area contributed by atoms with Crippen molar-refractivity contribution >= 4 is 5.91 Å². The van der Waals surface area contributed by atoms with Gasteiger partial charge in [0.05, 0.1) is 18.8 Å². The summed E-state index contributed by atoms with van der Waals surface area (Å²) in [5.74, 6) is -0.0860. The standard InChI is InChI=1S/C51H93NO3/c1-3-5-7-9-11-13-15-17-19-21-23-25-26-27-29-31-33-35-37-39-41-43-45-47-51(55)52-49(48-53)50(54)46-44-42-40-38-36-34-32-30-28-24-22-20-18-16-14-12-10-8-6-4-2/h23,25,27-30,36,38,44,46,49-50,53-54H,3-22,24,26,31-35,37,39-43,45,47-48H2,1-2H3,(H,52,55)/b25-23-,29-27-,30-28+,38-36+,46-44+. The molecule has 3 N–H and O–H groups in total. The Morgan fingerprint density at radius 3 is 1.16 bits per heavy atom. The van der Waals surface area contributed by atoms with Gasteiger partial charge in [-0.15, -0.1) is 0 Å². The van der Waals surface area contributed by atoms with Gasteiger partial charge in [0.25, 0.3) is 0 Å². The number of hydrogen-bond acceptors (Lipinski definition) is 3. The fourth-order valence-corrected chi connectivity index (χ4v) is 7.00. The van der Waals surface area contributed by atoms with Crippen LogP contribution in [0.2, 0.25) is 0 Å². The summed E-state index contributed by atoms with van der Waals surface area (Å²) in [6, 6.07) is -0.652. The van der Waals surface area contributed by atoms with E-state index in [-0.39, 0.29) is 12.5 Å². The molecule has 55 heavy (non-hydrogen) atoms. The summed E-state index contributed by atoms with van der Waals surface area (Å²) in [5.41, 5.74) is 0. The first-order valence-electron chi connectivity index (χ1n) is 24.0. The number of aliphatic hydroxyl groups is 2. The highest BCUT2D eigenvalue weighted by atomic mass is 16.3. The fraction of sp³-hybridized carbons (Fsp3) is 0.784. The number of nitrogens with one attached hydrogen (secondary N) is 1. The topological polar surface area (TPSA) is 69.6 Å². The molecule has 0 fully saturated rings. The largest absolute Gasteiger partial charge is 0.394 e. The van der Waals surface area contributed by atoms with E-state index in [0.29, 0.717) is 6.42 Å². The van der Waals surface area contributed by atoms with Crippen molar-refractivity contribution in [3.8, 4) is 0 Å². The molecule has 2 unspecified atom stereocenters. The molecule has 0 heterocycles. The molecule has 0 saturated carbocycles. The molecule has 0 radical (unpaired) electrons. The van der Waals surface area contributed by atoms with E-state index in [1.807, 2.05) is 6.08 Å². The Morgan fingerprint density at radius 2 is 0.764 bits per heavy atom. The number of carbonyl (C=O) groups excluding carboxylic acids is 1. The molecule has 4 heteroatoms. The maximum Gasteiger partial charge on any atom is 0.220 e. The average Bonchev–Trinajstić information content (AvgIpc) is 3.19. The van der Waals surface area contributed by atoms with Gasteiger partial charge in [0, 0.05) is 6.42 Å². The van der Waals surface area contributed by atoms with E-state index in [1.165, 1.54) is 167 Å². The van der Waals surface area contributed by atoms with Gasteiger partial charge in [0.2, 0.25) is 5.91 Å². The summed E-state index contributed by atoms with van der Waals surface area (Å²) in [7, 11) is 0. The number of allylic oxidation sites excluding steroid dienone is 9. The van der Waals surface area contributed by atoms with Crippen LogP contribution in [0.25, 0.3) is 0 Å². The third-order valence-electron chi connectivity index (χ3n) is 10.7. The average molecular weight is 768 g/mol. The number of carbonyl (C=O) groups is 1. The first-order chi connectivity index (χ1) is 27.2. The van der Waals surface area contributed by atoms with Gasteiger partial charge in [-0.05, 0) is 77.0 Å². The lowest BCUT2D eigenvalue weighted by molar-refractivity contribution is -0.123. The lowest BCUT2D eigenvalue weighted by atomic mass is 10.1. The maximum atomic E-state index is 12.4. The normalized spacial score (nSPS) is 13.5. The molecular formula is C51H93NO3. The Kier molecular flexibility index (Phi) is 44.9. The van der Waals surface area contributed by atoms with E-state index in [2.05, 4.69) is 67.8 Å². The summed E-state index contributed by atoms with van der Waals surface area (Å²) in [6.07, 6.45) is 64.8. The number of rotatable bonds is 43. The van der Waals surface area contributed by atoms with Crippen molar-refractivity contribution in [3.63, 3.8) is 0 Å². The number of amides is 1. The molecule has 0 aliphatic rings. The molecule has 4 nitrogen and oxygen atoms in total. The SMILES string of the molecule is CCCCCCCCCCC/C=C\C/C=C\CCCCCCCCCC(=O)NC(CO)C(O)/C=C/CC/C=C/CC/C=C/CCCCCCCCCCCC. The Bertz CT molecular complexity index is 919. The van der Waals surface area contributed by atoms with Gasteiger partial charge < -0.3 is 15.5 Å². The van der Waals surface area contributed by atoms with Crippen molar-refractivity contribution < 1.29 is 15.0 Å². The molecule has 0 aromatic rings. The second kappa shape index (κ2) is 46.5. The molecular weight excluding hydrogens is 675 g/mol. The van der Waals surface area contributed by atoms with Gasteiger partial charge in [-0.1, -0.05) is 216 Å². The fourth-order valence-electron chi connectivity index (χ4n) is 7.00. The second-order valence-electron chi connectivity index (χ2n) is 16.2. The summed E-state index contributed by atoms with van der Waals surface area (Å²) in [6.45, 7) is 4.29.